The number of fused-ring (bicyclic) bond motifs is 3. The van der Waals surface area contributed by atoms with Crippen molar-refractivity contribution in [3.05, 3.63) is 83.5 Å². The van der Waals surface area contributed by atoms with Gasteiger partial charge in [-0.2, -0.15) is 0 Å². The van der Waals surface area contributed by atoms with Crippen LogP contribution in [-0.4, -0.2) is 159 Å². The largest absolute Gasteiger partial charge is 0.490 e. The lowest BCUT2D eigenvalue weighted by Gasteiger charge is -2.37. The maximum atomic E-state index is 14.7. The molecule has 446 valence electrons. The van der Waals surface area contributed by atoms with Crippen LogP contribution in [0, 0.1) is 11.3 Å². The van der Waals surface area contributed by atoms with Gasteiger partial charge in [-0.25, -0.2) is 18.2 Å². The fraction of sp³-hybridized carbons (Fsp3) is 0.550. The number of likely N-dealkylation sites (tertiary alicyclic amines) is 1. The molecule has 0 spiro atoms. The number of carbonyl (C=O) groups excluding carboxylic acids is 5. The molecule has 0 radical (unpaired) electrons. The molecule has 0 unspecified atom stereocenters. The second-order valence-corrected chi connectivity index (χ2v) is 27.5. The topological polar surface area (TPSA) is 243 Å². The molecule has 4 amide bonds. The van der Waals surface area contributed by atoms with Crippen molar-refractivity contribution in [1.82, 2.24) is 30.4 Å². The number of amides is 4. The maximum Gasteiger partial charge on any atom is 0.410 e. The number of sulfone groups is 1. The Morgan fingerprint density at radius 3 is 2.16 bits per heavy atom. The highest BCUT2D eigenvalue weighted by Crippen LogP contribution is 2.39. The molecule has 7 rings (SSSR count). The van der Waals surface area contributed by atoms with Crippen molar-refractivity contribution >= 4 is 83.3 Å². The SMILES string of the molecule is C[C@@H](C(=O)N[C@H](C(=O)N1C[C@@H](CC(=O)COCCOCCOCCOCCOc2cc3nccc(Nc4ccc5scnc5c4)c3cc2S(=O)(=O)C(C)(C)C)C[C@H]1C(=O)N[C@@H]1CCc2ccccc21)C(C)(C)C)N(C)C(=O)OC(C)(C)C. The van der Waals surface area contributed by atoms with E-state index in [0.29, 0.717) is 16.6 Å². The van der Waals surface area contributed by atoms with E-state index < -0.39 is 61.6 Å². The number of likely N-dealkylation sites (N-methyl/N-ethyl adjacent to an activating group) is 1. The van der Waals surface area contributed by atoms with Crippen LogP contribution in [0.3, 0.4) is 0 Å². The Hall–Kier alpha value is -6.30. The van der Waals surface area contributed by atoms with Gasteiger partial charge in [-0.1, -0.05) is 45.0 Å². The Kier molecular flexibility index (Phi) is 21.1. The molecule has 3 heterocycles. The minimum Gasteiger partial charge on any atom is -0.490 e. The average molecular weight is 1170 g/mol. The number of nitrogens with one attached hydrogen (secondary N) is 3. The van der Waals surface area contributed by atoms with Crippen molar-refractivity contribution in [3.8, 4) is 5.75 Å². The Labute approximate surface area is 485 Å². The first-order valence-electron chi connectivity index (χ1n) is 27.9. The summed E-state index contributed by atoms with van der Waals surface area (Å²) < 4.78 is 62.0. The summed E-state index contributed by atoms with van der Waals surface area (Å²) in [7, 11) is -2.39. The van der Waals surface area contributed by atoms with Crippen molar-refractivity contribution in [2.45, 2.75) is 134 Å². The van der Waals surface area contributed by atoms with Gasteiger partial charge in [0.1, 0.15) is 47.6 Å². The molecule has 82 heavy (non-hydrogen) atoms. The lowest BCUT2D eigenvalue weighted by atomic mass is 9.85. The lowest BCUT2D eigenvalue weighted by Crippen LogP contribution is -2.60. The first-order chi connectivity index (χ1) is 38.7. The molecule has 5 aromatic rings. The third-order valence-corrected chi connectivity index (χ3v) is 17.7. The van der Waals surface area contributed by atoms with Crippen LogP contribution in [0.2, 0.25) is 0 Å². The highest BCUT2D eigenvalue weighted by Gasteiger charge is 2.46. The molecule has 0 saturated carbocycles. The fourth-order valence-corrected chi connectivity index (χ4v) is 11.7. The zero-order chi connectivity index (χ0) is 59.6. The lowest BCUT2D eigenvalue weighted by molar-refractivity contribution is -0.144. The van der Waals surface area contributed by atoms with Crippen LogP contribution in [0.4, 0.5) is 16.2 Å². The number of aryl methyl sites for hydroxylation is 1. The predicted molar refractivity (Wildman–Crippen MR) is 314 cm³/mol. The number of carbonyl (C=O) groups is 5. The van der Waals surface area contributed by atoms with Gasteiger partial charge in [-0.05, 0) is 121 Å². The van der Waals surface area contributed by atoms with Gasteiger partial charge in [0, 0.05) is 49.0 Å². The first-order valence-corrected chi connectivity index (χ1v) is 30.3. The summed E-state index contributed by atoms with van der Waals surface area (Å²) in [5, 5.41) is 10.1. The number of Topliss-reactive ketones (excluding diaryl/α,β-unsaturated/α-hetero) is 1. The Balaban J connectivity index is 0.830. The van der Waals surface area contributed by atoms with Crippen LogP contribution >= 0.6 is 11.3 Å². The molecule has 1 saturated heterocycles. The van der Waals surface area contributed by atoms with Gasteiger partial charge in [0.15, 0.2) is 15.6 Å². The van der Waals surface area contributed by atoms with E-state index in [1.54, 1.807) is 89.7 Å². The number of rotatable bonds is 26. The van der Waals surface area contributed by atoms with E-state index in [4.69, 9.17) is 28.4 Å². The molecule has 5 atom stereocenters. The van der Waals surface area contributed by atoms with Crippen molar-refractivity contribution in [1.29, 1.82) is 0 Å². The van der Waals surface area contributed by atoms with E-state index in [1.165, 1.54) is 16.8 Å². The third kappa shape index (κ3) is 16.5. The van der Waals surface area contributed by atoms with Crippen LogP contribution in [0.15, 0.2) is 77.3 Å². The highest BCUT2D eigenvalue weighted by atomic mass is 32.2. The number of pyridine rings is 1. The number of ketones is 1. The quantitative estimate of drug-likeness (QED) is 0.0440. The molecule has 3 N–H and O–H groups in total. The summed E-state index contributed by atoms with van der Waals surface area (Å²) in [6, 6.07) is 15.7. The normalized spacial score (nSPS) is 17.3. The third-order valence-electron chi connectivity index (χ3n) is 14.4. The summed E-state index contributed by atoms with van der Waals surface area (Å²) in [5.41, 5.74) is 5.32. The summed E-state index contributed by atoms with van der Waals surface area (Å²) in [5.74, 6) is -1.71. The summed E-state index contributed by atoms with van der Waals surface area (Å²) in [6.45, 7) is 18.8. The van der Waals surface area contributed by atoms with E-state index in [9.17, 15) is 32.4 Å². The van der Waals surface area contributed by atoms with Gasteiger partial charge in [-0.3, -0.25) is 29.1 Å². The summed E-state index contributed by atoms with van der Waals surface area (Å²) >= 11 is 1.56. The second kappa shape index (κ2) is 27.4. The van der Waals surface area contributed by atoms with Gasteiger partial charge in [0.2, 0.25) is 17.7 Å². The number of benzene rings is 3. The molecule has 2 aromatic heterocycles. The van der Waals surface area contributed by atoms with E-state index in [0.717, 1.165) is 39.9 Å². The van der Waals surface area contributed by atoms with E-state index in [-0.39, 0.29) is 113 Å². The number of hydrogen-bond donors (Lipinski definition) is 3. The molecule has 3 aromatic carbocycles. The molecular weight excluding hydrogens is 1090 g/mol. The minimum atomic E-state index is -3.84. The highest BCUT2D eigenvalue weighted by molar-refractivity contribution is 7.92. The molecule has 2 aliphatic rings. The van der Waals surface area contributed by atoms with Gasteiger partial charge < -0.3 is 49.3 Å². The molecule has 1 aliphatic carbocycles. The van der Waals surface area contributed by atoms with Crippen LogP contribution in [-0.2, 0) is 59.1 Å². The molecule has 22 heteroatoms. The number of ether oxygens (including phenoxy) is 6. The van der Waals surface area contributed by atoms with E-state index in [1.807, 2.05) is 63.2 Å². The van der Waals surface area contributed by atoms with Crippen LogP contribution < -0.4 is 20.7 Å². The van der Waals surface area contributed by atoms with Crippen molar-refractivity contribution < 1.29 is 60.8 Å². The molecule has 20 nitrogen and oxygen atoms in total. The zero-order valence-corrected chi connectivity index (χ0v) is 50.8. The molecule has 1 fully saturated rings. The Bertz CT molecular complexity index is 3170. The monoisotopic (exact) mass is 1170 g/mol. The van der Waals surface area contributed by atoms with Gasteiger partial charge in [0.05, 0.1) is 78.3 Å². The standard InChI is InChI=1S/C60H81N7O13S2/c1-38(66(11)57(72)80-59(5,6)7)54(69)65-53(58(2,3)4)56(71)67-35-39(31-49(67)55(70)64-45-18-16-40-14-12-13-15-43(40)45)30-42(68)36-78-27-26-76-23-22-75-24-25-77-28-29-79-50-34-47-44(33-52(50)82(73,74)60(8,9)10)46(20-21-61-47)63-41-17-19-51-48(32-41)62-37-81-51/h12-15,17,19-21,32-34,37-39,45,49,53H,16,18,22-31,35-36H2,1-11H3,(H,61,63)(H,64,70)(H,65,69)/t38-,39-,45+,49-,53+/m0/s1. The number of thiazole rings is 1. The van der Waals surface area contributed by atoms with Crippen molar-refractivity contribution in [2.75, 3.05) is 78.4 Å². The summed E-state index contributed by atoms with van der Waals surface area (Å²) in [4.78, 5) is 80.5. The smallest absolute Gasteiger partial charge is 0.410 e. The average Bonchev–Trinajstić information content (AvgIpc) is 4.19. The van der Waals surface area contributed by atoms with Crippen LogP contribution in [0.5, 0.6) is 5.75 Å². The number of nitrogens with zero attached hydrogens (tertiary/aromatic N) is 4. The summed E-state index contributed by atoms with van der Waals surface area (Å²) in [6.07, 6.45) is 2.81. The van der Waals surface area contributed by atoms with Crippen molar-refractivity contribution in [2.24, 2.45) is 11.3 Å². The predicted octanol–water partition coefficient (Wildman–Crippen LogP) is 8.37. The molecular formula is C60H81N7O13S2. The zero-order valence-electron chi connectivity index (χ0n) is 49.1. The van der Waals surface area contributed by atoms with E-state index >= 15 is 0 Å². The molecule has 0 bridgehead atoms. The second-order valence-electron chi connectivity index (χ2n) is 23.9. The number of anilines is 2. The maximum absolute atomic E-state index is 14.7. The van der Waals surface area contributed by atoms with Crippen LogP contribution in [0.1, 0.15) is 106 Å². The van der Waals surface area contributed by atoms with Gasteiger partial charge >= 0.3 is 6.09 Å². The molecule has 1 aliphatic heterocycles. The number of hydrogen-bond acceptors (Lipinski definition) is 17. The first kappa shape index (κ1) is 63.3. The fourth-order valence-electron chi connectivity index (χ4n) is 9.73. The Morgan fingerprint density at radius 2 is 1.49 bits per heavy atom. The van der Waals surface area contributed by atoms with Crippen molar-refractivity contribution in [3.63, 3.8) is 0 Å². The van der Waals surface area contributed by atoms with Crippen LogP contribution in [0.25, 0.3) is 21.1 Å². The minimum absolute atomic E-state index is 0.0572. The number of aromatic nitrogens is 2. The van der Waals surface area contributed by atoms with Gasteiger partial charge in [-0.15, -0.1) is 11.3 Å². The Morgan fingerprint density at radius 1 is 0.817 bits per heavy atom. The van der Waals surface area contributed by atoms with Gasteiger partial charge in [0.25, 0.3) is 0 Å². The van der Waals surface area contributed by atoms with E-state index in [2.05, 4.69) is 25.9 Å².